The van der Waals surface area contributed by atoms with Crippen molar-refractivity contribution in [1.29, 1.82) is 0 Å². The molecule has 0 radical (unpaired) electrons. The highest BCUT2D eigenvalue weighted by atomic mass is 16.2. The van der Waals surface area contributed by atoms with Gasteiger partial charge in [0.05, 0.1) is 0 Å². The molecule has 2 aromatic heterocycles. The first-order valence-corrected chi connectivity index (χ1v) is 9.69. The molecule has 1 saturated heterocycles. The van der Waals surface area contributed by atoms with E-state index in [1.54, 1.807) is 12.3 Å². The number of aryl methyl sites for hydroxylation is 1. The number of aromatic amines is 2. The Labute approximate surface area is 158 Å². The summed E-state index contributed by atoms with van der Waals surface area (Å²) >= 11 is 0. The fraction of sp³-hybridized carbons (Fsp3) is 0.364. The molecule has 5 heteroatoms. The Balaban J connectivity index is 1.27. The Hall–Kier alpha value is -2.82. The Kier molecular flexibility index (Phi) is 5.10. The predicted octanol–water partition coefficient (Wildman–Crippen LogP) is 3.27. The third kappa shape index (κ3) is 4.13. The van der Waals surface area contributed by atoms with E-state index in [1.165, 1.54) is 16.5 Å². The summed E-state index contributed by atoms with van der Waals surface area (Å²) in [5.41, 5.74) is 3.45. The largest absolute Gasteiger partial charge is 0.361 e. The second kappa shape index (κ2) is 7.82. The molecule has 140 valence electrons. The molecular weight excluding hydrogens is 338 g/mol. The number of carbonyl (C=O) groups is 1. The van der Waals surface area contributed by atoms with Crippen molar-refractivity contribution >= 4 is 16.8 Å². The summed E-state index contributed by atoms with van der Waals surface area (Å²) in [6.07, 6.45) is 8.19. The zero-order valence-corrected chi connectivity index (χ0v) is 15.4. The topological polar surface area (TPSA) is 69.0 Å². The molecule has 0 saturated carbocycles. The fourth-order valence-electron chi connectivity index (χ4n) is 4.03. The average molecular weight is 363 g/mol. The molecule has 0 aliphatic carbocycles. The van der Waals surface area contributed by atoms with Gasteiger partial charge in [-0.3, -0.25) is 9.59 Å². The molecule has 2 N–H and O–H groups in total. The van der Waals surface area contributed by atoms with Crippen LogP contribution in [0.15, 0.2) is 53.6 Å². The van der Waals surface area contributed by atoms with Crippen LogP contribution in [0.5, 0.6) is 0 Å². The van der Waals surface area contributed by atoms with Crippen LogP contribution in [-0.2, 0) is 17.6 Å². The number of aromatic nitrogens is 2. The molecular formula is C22H25N3O2. The monoisotopic (exact) mass is 363 g/mol. The number of para-hydroxylation sites is 1. The third-order valence-electron chi connectivity index (χ3n) is 5.62. The van der Waals surface area contributed by atoms with Gasteiger partial charge < -0.3 is 14.9 Å². The number of likely N-dealkylation sites (tertiary alicyclic amines) is 1. The van der Waals surface area contributed by atoms with Crippen LogP contribution in [0.3, 0.4) is 0 Å². The van der Waals surface area contributed by atoms with E-state index in [0.29, 0.717) is 12.3 Å². The fourth-order valence-corrected chi connectivity index (χ4v) is 4.03. The molecule has 1 amide bonds. The van der Waals surface area contributed by atoms with Crippen molar-refractivity contribution < 1.29 is 4.79 Å². The summed E-state index contributed by atoms with van der Waals surface area (Å²) in [6.45, 7) is 1.67. The SMILES string of the molecule is O=C(CCc1c[nH]c2ccccc12)N1CCC(Cc2ccc(=O)[nH]c2)CC1. The lowest BCUT2D eigenvalue weighted by Crippen LogP contribution is -2.39. The Morgan fingerprint density at radius 2 is 1.85 bits per heavy atom. The number of carbonyl (C=O) groups excluding carboxylic acids is 1. The summed E-state index contributed by atoms with van der Waals surface area (Å²) in [5, 5.41) is 1.21. The Morgan fingerprint density at radius 3 is 2.63 bits per heavy atom. The van der Waals surface area contributed by atoms with Gasteiger partial charge in [0.1, 0.15) is 0 Å². The Bertz CT molecular complexity index is 960. The smallest absolute Gasteiger partial charge is 0.247 e. The molecule has 1 fully saturated rings. The van der Waals surface area contributed by atoms with E-state index >= 15 is 0 Å². The number of hydrogen-bond donors (Lipinski definition) is 2. The van der Waals surface area contributed by atoms with Crippen molar-refractivity contribution in [2.45, 2.75) is 32.1 Å². The van der Waals surface area contributed by atoms with Gasteiger partial charge in [0.15, 0.2) is 0 Å². The van der Waals surface area contributed by atoms with Gasteiger partial charge in [0.2, 0.25) is 11.5 Å². The molecule has 27 heavy (non-hydrogen) atoms. The number of nitrogens with one attached hydrogen (secondary N) is 2. The van der Waals surface area contributed by atoms with Crippen LogP contribution < -0.4 is 5.56 Å². The number of benzene rings is 1. The highest BCUT2D eigenvalue weighted by molar-refractivity contribution is 5.84. The number of amides is 1. The van der Waals surface area contributed by atoms with Gasteiger partial charge in [0, 0.05) is 48.9 Å². The van der Waals surface area contributed by atoms with Gasteiger partial charge in [0.25, 0.3) is 0 Å². The van der Waals surface area contributed by atoms with Crippen LogP contribution in [0.1, 0.15) is 30.4 Å². The number of H-pyrrole nitrogens is 2. The first-order valence-electron chi connectivity index (χ1n) is 9.69. The number of hydrogen-bond acceptors (Lipinski definition) is 2. The lowest BCUT2D eigenvalue weighted by Gasteiger charge is -2.32. The number of fused-ring (bicyclic) bond motifs is 1. The van der Waals surface area contributed by atoms with E-state index in [1.807, 2.05) is 29.3 Å². The van der Waals surface area contributed by atoms with Crippen LogP contribution in [0.25, 0.3) is 10.9 Å². The first-order chi connectivity index (χ1) is 13.2. The van der Waals surface area contributed by atoms with Gasteiger partial charge in [-0.2, -0.15) is 0 Å². The minimum Gasteiger partial charge on any atom is -0.361 e. The average Bonchev–Trinajstić information content (AvgIpc) is 3.12. The van der Waals surface area contributed by atoms with Crippen molar-refractivity contribution in [1.82, 2.24) is 14.9 Å². The van der Waals surface area contributed by atoms with Crippen molar-refractivity contribution in [2.24, 2.45) is 5.92 Å². The molecule has 3 aromatic rings. The molecule has 1 aliphatic rings. The van der Waals surface area contributed by atoms with Crippen LogP contribution in [0.4, 0.5) is 0 Å². The summed E-state index contributed by atoms with van der Waals surface area (Å²) in [4.78, 5) is 31.8. The van der Waals surface area contributed by atoms with Crippen molar-refractivity contribution in [3.05, 3.63) is 70.3 Å². The van der Waals surface area contributed by atoms with Crippen LogP contribution in [0.2, 0.25) is 0 Å². The summed E-state index contributed by atoms with van der Waals surface area (Å²) < 4.78 is 0. The number of nitrogens with zero attached hydrogens (tertiary/aromatic N) is 1. The number of pyridine rings is 1. The second-order valence-corrected chi connectivity index (χ2v) is 7.45. The molecule has 3 heterocycles. The highest BCUT2D eigenvalue weighted by Gasteiger charge is 2.23. The standard InChI is InChI=1S/C22H25N3O2/c26-21-7-5-17(14-24-21)13-16-9-11-25(12-10-16)22(27)8-6-18-15-23-20-4-2-1-3-19(18)20/h1-5,7,14-16,23H,6,8-13H2,(H,24,26). The van der Waals surface area contributed by atoms with Gasteiger partial charge >= 0.3 is 0 Å². The highest BCUT2D eigenvalue weighted by Crippen LogP contribution is 2.23. The molecule has 0 spiro atoms. The lowest BCUT2D eigenvalue weighted by molar-refractivity contribution is -0.132. The maximum absolute atomic E-state index is 12.6. The lowest BCUT2D eigenvalue weighted by atomic mass is 9.90. The molecule has 5 nitrogen and oxygen atoms in total. The molecule has 0 bridgehead atoms. The van der Waals surface area contributed by atoms with Gasteiger partial charge in [-0.15, -0.1) is 0 Å². The van der Waals surface area contributed by atoms with Crippen LogP contribution >= 0.6 is 0 Å². The van der Waals surface area contributed by atoms with Gasteiger partial charge in [-0.1, -0.05) is 24.3 Å². The zero-order chi connectivity index (χ0) is 18.6. The molecule has 1 aromatic carbocycles. The Morgan fingerprint density at radius 1 is 1.04 bits per heavy atom. The zero-order valence-electron chi connectivity index (χ0n) is 15.4. The van der Waals surface area contributed by atoms with E-state index in [-0.39, 0.29) is 11.5 Å². The molecule has 0 unspecified atom stereocenters. The predicted molar refractivity (Wildman–Crippen MR) is 107 cm³/mol. The second-order valence-electron chi connectivity index (χ2n) is 7.45. The van der Waals surface area contributed by atoms with E-state index in [4.69, 9.17) is 0 Å². The van der Waals surface area contributed by atoms with E-state index in [0.717, 1.165) is 44.3 Å². The molecule has 0 atom stereocenters. The maximum atomic E-state index is 12.6. The molecule has 1 aliphatic heterocycles. The number of piperidine rings is 1. The first kappa shape index (κ1) is 17.6. The van der Waals surface area contributed by atoms with Gasteiger partial charge in [-0.05, 0) is 48.8 Å². The minimum atomic E-state index is -0.0608. The van der Waals surface area contributed by atoms with E-state index in [9.17, 15) is 9.59 Å². The van der Waals surface area contributed by atoms with Crippen molar-refractivity contribution in [3.8, 4) is 0 Å². The molecule has 4 rings (SSSR count). The maximum Gasteiger partial charge on any atom is 0.247 e. The van der Waals surface area contributed by atoms with Crippen LogP contribution in [0, 0.1) is 5.92 Å². The van der Waals surface area contributed by atoms with E-state index in [2.05, 4.69) is 22.1 Å². The third-order valence-corrected chi connectivity index (χ3v) is 5.62. The van der Waals surface area contributed by atoms with E-state index < -0.39 is 0 Å². The van der Waals surface area contributed by atoms with Crippen molar-refractivity contribution in [3.63, 3.8) is 0 Å². The normalized spacial score (nSPS) is 15.3. The van der Waals surface area contributed by atoms with Gasteiger partial charge in [-0.25, -0.2) is 0 Å². The summed E-state index contributed by atoms with van der Waals surface area (Å²) in [7, 11) is 0. The quantitative estimate of drug-likeness (QED) is 0.730. The summed E-state index contributed by atoms with van der Waals surface area (Å²) in [6, 6.07) is 11.7. The van der Waals surface area contributed by atoms with Crippen molar-refractivity contribution in [2.75, 3.05) is 13.1 Å². The number of rotatable bonds is 5. The minimum absolute atomic E-state index is 0.0608. The summed E-state index contributed by atoms with van der Waals surface area (Å²) in [5.74, 6) is 0.830. The van der Waals surface area contributed by atoms with Crippen LogP contribution in [-0.4, -0.2) is 33.9 Å².